The SMILES string of the molecule is COc1ccc(C2C=C(c3ccc(-c4ccccc4)cc3)Nc3nnnn32)cc1. The number of hydrogen-bond donors (Lipinski definition) is 1. The summed E-state index contributed by atoms with van der Waals surface area (Å²) < 4.78 is 7.06. The maximum absolute atomic E-state index is 5.27. The Morgan fingerprint density at radius 1 is 0.828 bits per heavy atom. The van der Waals surface area contributed by atoms with Crippen LogP contribution in [0.5, 0.6) is 5.75 Å². The lowest BCUT2D eigenvalue weighted by Crippen LogP contribution is -2.20. The molecule has 2 heterocycles. The monoisotopic (exact) mass is 381 g/mol. The molecule has 1 aromatic heterocycles. The molecule has 142 valence electrons. The first-order valence-electron chi connectivity index (χ1n) is 9.38. The van der Waals surface area contributed by atoms with Crippen LogP contribution in [0.15, 0.2) is 84.9 Å². The number of aromatic nitrogens is 4. The Labute approximate surface area is 168 Å². The van der Waals surface area contributed by atoms with Crippen LogP contribution in [0.4, 0.5) is 5.95 Å². The summed E-state index contributed by atoms with van der Waals surface area (Å²) >= 11 is 0. The molecule has 1 unspecified atom stereocenters. The highest BCUT2D eigenvalue weighted by Crippen LogP contribution is 2.33. The Bertz CT molecular complexity index is 1150. The summed E-state index contributed by atoms with van der Waals surface area (Å²) in [5, 5.41) is 15.5. The minimum Gasteiger partial charge on any atom is -0.497 e. The molecule has 3 aromatic carbocycles. The van der Waals surface area contributed by atoms with E-state index in [-0.39, 0.29) is 6.04 Å². The van der Waals surface area contributed by atoms with Crippen LogP contribution in [0.3, 0.4) is 0 Å². The molecule has 0 fully saturated rings. The molecule has 0 radical (unpaired) electrons. The predicted octanol–water partition coefficient (Wildman–Crippen LogP) is 4.40. The number of nitrogens with one attached hydrogen (secondary N) is 1. The average Bonchev–Trinajstić information content (AvgIpc) is 3.28. The molecule has 1 atom stereocenters. The van der Waals surface area contributed by atoms with Gasteiger partial charge < -0.3 is 10.1 Å². The molecule has 1 N–H and O–H groups in total. The second kappa shape index (κ2) is 7.24. The maximum Gasteiger partial charge on any atom is 0.248 e. The van der Waals surface area contributed by atoms with Gasteiger partial charge in [-0.1, -0.05) is 71.8 Å². The standard InChI is InChI=1S/C23H19N5O/c1-29-20-13-11-19(12-14-20)22-15-21(24-23-25-26-27-28(22)23)18-9-7-17(8-10-18)16-5-3-2-4-6-16/h2-15,22H,1H3,(H,24,25,27). The fourth-order valence-corrected chi connectivity index (χ4v) is 3.53. The van der Waals surface area contributed by atoms with Crippen molar-refractivity contribution in [1.82, 2.24) is 20.2 Å². The second-order valence-corrected chi connectivity index (χ2v) is 6.81. The first-order chi connectivity index (χ1) is 14.3. The Kier molecular flexibility index (Phi) is 4.29. The van der Waals surface area contributed by atoms with Crippen molar-refractivity contribution >= 4 is 11.6 Å². The Morgan fingerprint density at radius 2 is 1.52 bits per heavy atom. The third-order valence-electron chi connectivity index (χ3n) is 5.09. The summed E-state index contributed by atoms with van der Waals surface area (Å²) in [6.07, 6.45) is 2.14. The topological polar surface area (TPSA) is 64.9 Å². The van der Waals surface area contributed by atoms with Gasteiger partial charge in [-0.3, -0.25) is 0 Å². The molecule has 6 nitrogen and oxygen atoms in total. The molecule has 29 heavy (non-hydrogen) atoms. The number of anilines is 1. The summed E-state index contributed by atoms with van der Waals surface area (Å²) in [6.45, 7) is 0. The molecule has 0 saturated heterocycles. The molecule has 0 bridgehead atoms. The van der Waals surface area contributed by atoms with E-state index in [1.807, 2.05) is 42.5 Å². The van der Waals surface area contributed by atoms with Crippen LogP contribution in [-0.4, -0.2) is 27.3 Å². The number of hydrogen-bond acceptors (Lipinski definition) is 5. The van der Waals surface area contributed by atoms with Crippen LogP contribution in [0.25, 0.3) is 16.8 Å². The van der Waals surface area contributed by atoms with E-state index in [1.165, 1.54) is 11.1 Å². The van der Waals surface area contributed by atoms with E-state index < -0.39 is 0 Å². The molecule has 6 heteroatoms. The van der Waals surface area contributed by atoms with Gasteiger partial charge >= 0.3 is 0 Å². The number of fused-ring (bicyclic) bond motifs is 1. The van der Waals surface area contributed by atoms with Crippen molar-refractivity contribution in [2.24, 2.45) is 0 Å². The third kappa shape index (κ3) is 3.25. The number of tetrazole rings is 1. The Hall–Kier alpha value is -3.93. The fraction of sp³-hybridized carbons (Fsp3) is 0.0870. The van der Waals surface area contributed by atoms with Gasteiger partial charge in [0.1, 0.15) is 11.8 Å². The van der Waals surface area contributed by atoms with Gasteiger partial charge in [-0.2, -0.15) is 4.68 Å². The van der Waals surface area contributed by atoms with Crippen LogP contribution in [0.1, 0.15) is 17.2 Å². The minimum atomic E-state index is -0.101. The second-order valence-electron chi connectivity index (χ2n) is 6.81. The molecule has 0 aliphatic carbocycles. The largest absolute Gasteiger partial charge is 0.497 e. The van der Waals surface area contributed by atoms with Crippen LogP contribution in [-0.2, 0) is 0 Å². The van der Waals surface area contributed by atoms with Crippen molar-refractivity contribution in [2.75, 3.05) is 12.4 Å². The summed E-state index contributed by atoms with van der Waals surface area (Å²) in [5.41, 5.74) is 5.52. The van der Waals surface area contributed by atoms with Gasteiger partial charge in [0.2, 0.25) is 5.95 Å². The Morgan fingerprint density at radius 3 is 2.24 bits per heavy atom. The van der Waals surface area contributed by atoms with Crippen molar-refractivity contribution < 1.29 is 4.74 Å². The normalized spacial score (nSPS) is 15.2. The van der Waals surface area contributed by atoms with Crippen molar-refractivity contribution in [3.05, 3.63) is 96.1 Å². The quantitative estimate of drug-likeness (QED) is 0.567. The summed E-state index contributed by atoms with van der Waals surface area (Å²) in [7, 11) is 1.66. The summed E-state index contributed by atoms with van der Waals surface area (Å²) in [5.74, 6) is 1.44. The molecular weight excluding hydrogens is 362 g/mol. The first kappa shape index (κ1) is 17.2. The fourth-order valence-electron chi connectivity index (χ4n) is 3.53. The predicted molar refractivity (Wildman–Crippen MR) is 112 cm³/mol. The molecule has 0 spiro atoms. The smallest absolute Gasteiger partial charge is 0.248 e. The van der Waals surface area contributed by atoms with Crippen LogP contribution < -0.4 is 10.1 Å². The number of allylic oxidation sites excluding steroid dienone is 1. The van der Waals surface area contributed by atoms with E-state index in [9.17, 15) is 0 Å². The number of benzene rings is 3. The van der Waals surface area contributed by atoms with Gasteiger partial charge in [-0.05, 0) is 50.9 Å². The lowest BCUT2D eigenvalue weighted by Gasteiger charge is -2.23. The first-order valence-corrected chi connectivity index (χ1v) is 9.38. The van der Waals surface area contributed by atoms with Crippen LogP contribution in [0, 0.1) is 0 Å². The van der Waals surface area contributed by atoms with Crippen LogP contribution in [0.2, 0.25) is 0 Å². The van der Waals surface area contributed by atoms with Crippen molar-refractivity contribution in [3.63, 3.8) is 0 Å². The van der Waals surface area contributed by atoms with E-state index >= 15 is 0 Å². The number of rotatable bonds is 4. The lowest BCUT2D eigenvalue weighted by molar-refractivity contribution is 0.414. The lowest BCUT2D eigenvalue weighted by atomic mass is 9.99. The van der Waals surface area contributed by atoms with Crippen molar-refractivity contribution in [3.8, 4) is 16.9 Å². The zero-order chi connectivity index (χ0) is 19.6. The van der Waals surface area contributed by atoms with Gasteiger partial charge in [0.15, 0.2) is 0 Å². The maximum atomic E-state index is 5.27. The van der Waals surface area contributed by atoms with E-state index in [2.05, 4.69) is 63.3 Å². The van der Waals surface area contributed by atoms with Crippen molar-refractivity contribution in [1.29, 1.82) is 0 Å². The van der Waals surface area contributed by atoms with E-state index in [4.69, 9.17) is 4.74 Å². The zero-order valence-corrected chi connectivity index (χ0v) is 15.9. The number of ether oxygens (including phenoxy) is 1. The zero-order valence-electron chi connectivity index (χ0n) is 15.9. The average molecular weight is 381 g/mol. The van der Waals surface area contributed by atoms with E-state index in [0.29, 0.717) is 5.95 Å². The summed E-state index contributed by atoms with van der Waals surface area (Å²) in [4.78, 5) is 0. The van der Waals surface area contributed by atoms with Crippen LogP contribution >= 0.6 is 0 Å². The summed E-state index contributed by atoms with van der Waals surface area (Å²) in [6, 6.07) is 26.7. The molecule has 0 saturated carbocycles. The van der Waals surface area contributed by atoms with Gasteiger partial charge in [-0.15, -0.1) is 0 Å². The number of nitrogens with zero attached hydrogens (tertiary/aromatic N) is 4. The molecule has 4 aromatic rings. The van der Waals surface area contributed by atoms with Gasteiger partial charge in [0, 0.05) is 5.70 Å². The number of methoxy groups -OCH3 is 1. The highest BCUT2D eigenvalue weighted by molar-refractivity contribution is 5.78. The Balaban J connectivity index is 1.50. The third-order valence-corrected chi connectivity index (χ3v) is 5.09. The van der Waals surface area contributed by atoms with E-state index in [1.54, 1.807) is 11.8 Å². The van der Waals surface area contributed by atoms with Crippen molar-refractivity contribution in [2.45, 2.75) is 6.04 Å². The van der Waals surface area contributed by atoms with Gasteiger partial charge in [0.25, 0.3) is 0 Å². The van der Waals surface area contributed by atoms with Gasteiger partial charge in [-0.25, -0.2) is 0 Å². The molecule has 5 rings (SSSR count). The highest BCUT2D eigenvalue weighted by Gasteiger charge is 2.24. The minimum absolute atomic E-state index is 0.101. The molecular formula is C23H19N5O. The molecule has 1 aliphatic rings. The molecule has 1 aliphatic heterocycles. The highest BCUT2D eigenvalue weighted by atomic mass is 16.5. The van der Waals surface area contributed by atoms with Gasteiger partial charge in [0.05, 0.1) is 7.11 Å². The molecule has 0 amide bonds. The van der Waals surface area contributed by atoms with E-state index in [0.717, 1.165) is 22.6 Å².